The molecule has 2 aromatic rings. The van der Waals surface area contributed by atoms with Crippen LogP contribution in [0.2, 0.25) is 0 Å². The van der Waals surface area contributed by atoms with E-state index in [0.29, 0.717) is 0 Å². The van der Waals surface area contributed by atoms with Crippen LogP contribution in [0.15, 0.2) is 40.9 Å². The van der Waals surface area contributed by atoms with Gasteiger partial charge in [-0.3, -0.25) is 4.79 Å². The van der Waals surface area contributed by atoms with Crippen molar-refractivity contribution in [3.63, 3.8) is 0 Å². The number of anilines is 2. The van der Waals surface area contributed by atoms with E-state index in [1.165, 1.54) is 5.56 Å². The second-order valence-corrected chi connectivity index (χ2v) is 6.55. The van der Waals surface area contributed by atoms with Gasteiger partial charge >= 0.3 is 0 Å². The molecule has 3 nitrogen and oxygen atoms in total. The fraction of sp³-hybridized carbons (Fsp3) is 0.278. The van der Waals surface area contributed by atoms with Gasteiger partial charge in [-0.2, -0.15) is 0 Å². The Kier molecular flexibility index (Phi) is 5.24. The summed E-state index contributed by atoms with van der Waals surface area (Å²) in [5, 5.41) is 6.23. The van der Waals surface area contributed by atoms with E-state index in [9.17, 15) is 4.79 Å². The molecule has 0 spiro atoms. The fourth-order valence-corrected chi connectivity index (χ4v) is 2.73. The third kappa shape index (κ3) is 4.10. The topological polar surface area (TPSA) is 41.1 Å². The minimum Gasteiger partial charge on any atom is -0.374 e. The van der Waals surface area contributed by atoms with E-state index in [2.05, 4.69) is 45.6 Å². The first-order chi connectivity index (χ1) is 10.4. The van der Waals surface area contributed by atoms with E-state index < -0.39 is 0 Å². The maximum absolute atomic E-state index is 12.4. The van der Waals surface area contributed by atoms with Gasteiger partial charge in [-0.1, -0.05) is 33.6 Å². The molecule has 0 saturated carbocycles. The zero-order chi connectivity index (χ0) is 16.3. The molecule has 2 rings (SSSR count). The number of carbonyl (C=O) groups is 1. The largest absolute Gasteiger partial charge is 0.374 e. The number of hydrogen-bond acceptors (Lipinski definition) is 2. The van der Waals surface area contributed by atoms with E-state index in [1.807, 2.05) is 45.0 Å². The van der Waals surface area contributed by atoms with Crippen LogP contribution >= 0.6 is 15.9 Å². The van der Waals surface area contributed by atoms with Crippen LogP contribution in [0.5, 0.6) is 0 Å². The number of hydrogen-bond donors (Lipinski definition) is 2. The van der Waals surface area contributed by atoms with Crippen LogP contribution < -0.4 is 10.6 Å². The third-order valence-electron chi connectivity index (χ3n) is 3.55. The van der Waals surface area contributed by atoms with Crippen molar-refractivity contribution in [3.05, 3.63) is 57.6 Å². The van der Waals surface area contributed by atoms with Gasteiger partial charge in [0.25, 0.3) is 0 Å². The van der Waals surface area contributed by atoms with Crippen molar-refractivity contribution in [1.82, 2.24) is 0 Å². The average molecular weight is 361 g/mol. The molecule has 0 saturated heterocycles. The van der Waals surface area contributed by atoms with Crippen LogP contribution in [-0.4, -0.2) is 11.9 Å². The number of nitrogens with one attached hydrogen (secondary N) is 2. The van der Waals surface area contributed by atoms with Crippen LogP contribution in [0.1, 0.15) is 23.6 Å². The number of benzene rings is 2. The lowest BCUT2D eigenvalue weighted by molar-refractivity contribution is -0.116. The molecule has 0 aliphatic carbocycles. The van der Waals surface area contributed by atoms with Crippen LogP contribution in [-0.2, 0) is 4.79 Å². The van der Waals surface area contributed by atoms with Gasteiger partial charge in [0.15, 0.2) is 0 Å². The van der Waals surface area contributed by atoms with Crippen LogP contribution in [0, 0.1) is 20.8 Å². The highest BCUT2D eigenvalue weighted by molar-refractivity contribution is 9.10. The minimum absolute atomic E-state index is 0.0435. The molecule has 2 aromatic carbocycles. The van der Waals surface area contributed by atoms with Gasteiger partial charge in [-0.15, -0.1) is 0 Å². The predicted octanol–water partition coefficient (Wildman–Crippen LogP) is 4.81. The molecular formula is C18H21BrN2O. The number of amides is 1. The van der Waals surface area contributed by atoms with Gasteiger partial charge in [0.05, 0.1) is 0 Å². The maximum Gasteiger partial charge on any atom is 0.246 e. The normalized spacial score (nSPS) is 11.9. The summed E-state index contributed by atoms with van der Waals surface area (Å²) in [5.41, 5.74) is 5.20. The Morgan fingerprint density at radius 3 is 2.14 bits per heavy atom. The SMILES string of the molecule is Cc1cc(C)c(NC(=O)[C@H](C)Nc2ccc(Br)cc2)c(C)c1. The van der Waals surface area contributed by atoms with E-state index in [0.717, 1.165) is 27.0 Å². The monoisotopic (exact) mass is 360 g/mol. The first kappa shape index (κ1) is 16.6. The van der Waals surface area contributed by atoms with Gasteiger partial charge in [-0.05, 0) is 63.1 Å². The molecule has 0 heterocycles. The zero-order valence-corrected chi connectivity index (χ0v) is 14.9. The summed E-state index contributed by atoms with van der Waals surface area (Å²) in [5.74, 6) is -0.0435. The van der Waals surface area contributed by atoms with Gasteiger partial charge in [0.1, 0.15) is 6.04 Å². The Balaban J connectivity index is 2.07. The van der Waals surface area contributed by atoms with Crippen molar-refractivity contribution in [1.29, 1.82) is 0 Å². The molecule has 0 unspecified atom stereocenters. The molecule has 0 fully saturated rings. The van der Waals surface area contributed by atoms with Crippen molar-refractivity contribution in [2.45, 2.75) is 33.7 Å². The van der Waals surface area contributed by atoms with Gasteiger partial charge < -0.3 is 10.6 Å². The average Bonchev–Trinajstić information content (AvgIpc) is 2.45. The number of aryl methyl sites for hydroxylation is 3. The minimum atomic E-state index is -0.318. The molecule has 0 aromatic heterocycles. The third-order valence-corrected chi connectivity index (χ3v) is 4.07. The lowest BCUT2D eigenvalue weighted by Crippen LogP contribution is -2.32. The molecule has 2 N–H and O–H groups in total. The Bertz CT molecular complexity index is 657. The molecule has 22 heavy (non-hydrogen) atoms. The molecule has 1 atom stereocenters. The van der Waals surface area contributed by atoms with Crippen molar-refractivity contribution < 1.29 is 4.79 Å². The highest BCUT2D eigenvalue weighted by Gasteiger charge is 2.15. The molecule has 0 bridgehead atoms. The molecule has 1 amide bonds. The molecule has 116 valence electrons. The van der Waals surface area contributed by atoms with Crippen LogP contribution in [0.25, 0.3) is 0 Å². The van der Waals surface area contributed by atoms with E-state index in [-0.39, 0.29) is 11.9 Å². The van der Waals surface area contributed by atoms with Gasteiger partial charge in [0.2, 0.25) is 5.91 Å². The van der Waals surface area contributed by atoms with E-state index in [1.54, 1.807) is 0 Å². The standard InChI is InChI=1S/C18H21BrN2O/c1-11-9-12(2)17(13(3)10-11)21-18(22)14(4)20-16-7-5-15(19)6-8-16/h5-10,14,20H,1-4H3,(H,21,22)/t14-/m0/s1. The van der Waals surface area contributed by atoms with E-state index >= 15 is 0 Å². The molecular weight excluding hydrogens is 340 g/mol. The smallest absolute Gasteiger partial charge is 0.246 e. The first-order valence-electron chi connectivity index (χ1n) is 7.27. The summed E-state index contributed by atoms with van der Waals surface area (Å²) >= 11 is 3.40. The fourth-order valence-electron chi connectivity index (χ4n) is 2.47. The van der Waals surface area contributed by atoms with Gasteiger partial charge in [0, 0.05) is 15.8 Å². The lowest BCUT2D eigenvalue weighted by Gasteiger charge is -2.18. The quantitative estimate of drug-likeness (QED) is 0.820. The maximum atomic E-state index is 12.4. The Morgan fingerprint density at radius 2 is 1.59 bits per heavy atom. The Morgan fingerprint density at radius 1 is 1.05 bits per heavy atom. The second-order valence-electron chi connectivity index (χ2n) is 5.64. The molecule has 0 aliphatic heterocycles. The molecule has 0 aliphatic rings. The highest BCUT2D eigenvalue weighted by Crippen LogP contribution is 2.22. The predicted molar refractivity (Wildman–Crippen MR) is 96.5 cm³/mol. The summed E-state index contributed by atoms with van der Waals surface area (Å²) < 4.78 is 1.01. The first-order valence-corrected chi connectivity index (χ1v) is 8.07. The summed E-state index contributed by atoms with van der Waals surface area (Å²) in [6.07, 6.45) is 0. The Hall–Kier alpha value is -1.81. The van der Waals surface area contributed by atoms with Crippen LogP contribution in [0.4, 0.5) is 11.4 Å². The van der Waals surface area contributed by atoms with Crippen molar-refractivity contribution in [3.8, 4) is 0 Å². The van der Waals surface area contributed by atoms with Crippen LogP contribution in [0.3, 0.4) is 0 Å². The number of rotatable bonds is 4. The summed E-state index contributed by atoms with van der Waals surface area (Å²) in [7, 11) is 0. The number of carbonyl (C=O) groups excluding carboxylic acids is 1. The summed E-state index contributed by atoms with van der Waals surface area (Å²) in [6, 6.07) is 11.6. The number of halogens is 1. The molecule has 4 heteroatoms. The van der Waals surface area contributed by atoms with Crippen molar-refractivity contribution >= 4 is 33.2 Å². The summed E-state index contributed by atoms with van der Waals surface area (Å²) in [4.78, 5) is 12.4. The summed E-state index contributed by atoms with van der Waals surface area (Å²) in [6.45, 7) is 7.95. The second kappa shape index (κ2) is 6.97. The van der Waals surface area contributed by atoms with Crippen molar-refractivity contribution in [2.75, 3.05) is 10.6 Å². The zero-order valence-electron chi connectivity index (χ0n) is 13.3. The van der Waals surface area contributed by atoms with Crippen molar-refractivity contribution in [2.24, 2.45) is 0 Å². The lowest BCUT2D eigenvalue weighted by atomic mass is 10.0. The Labute approximate surface area is 140 Å². The van der Waals surface area contributed by atoms with E-state index in [4.69, 9.17) is 0 Å². The van der Waals surface area contributed by atoms with Gasteiger partial charge in [-0.25, -0.2) is 0 Å². The highest BCUT2D eigenvalue weighted by atomic mass is 79.9. The molecule has 0 radical (unpaired) electrons.